The van der Waals surface area contributed by atoms with Crippen LogP contribution in [0.2, 0.25) is 10.0 Å². The molecule has 1 atom stereocenters. The van der Waals surface area contributed by atoms with E-state index in [1.807, 2.05) is 30.3 Å². The van der Waals surface area contributed by atoms with Crippen LogP contribution in [0.3, 0.4) is 0 Å². The fourth-order valence-electron chi connectivity index (χ4n) is 4.66. The lowest BCUT2D eigenvalue weighted by Crippen LogP contribution is -2.39. The number of ether oxygens (including phenoxy) is 3. The van der Waals surface area contributed by atoms with Crippen molar-refractivity contribution in [2.45, 2.75) is 26.5 Å². The van der Waals surface area contributed by atoms with Crippen molar-refractivity contribution >= 4 is 78.4 Å². The van der Waals surface area contributed by atoms with Gasteiger partial charge in [0.2, 0.25) is 0 Å². The summed E-state index contributed by atoms with van der Waals surface area (Å²) in [4.78, 5) is 32.1. The predicted molar refractivity (Wildman–Crippen MR) is 176 cm³/mol. The summed E-state index contributed by atoms with van der Waals surface area (Å²) >= 11 is 20.6. The van der Waals surface area contributed by atoms with Gasteiger partial charge < -0.3 is 14.2 Å². The van der Waals surface area contributed by atoms with Crippen molar-refractivity contribution in [2.75, 3.05) is 13.7 Å². The number of nitrogens with zero attached hydrogens (tertiary/aromatic N) is 2. The van der Waals surface area contributed by atoms with Crippen LogP contribution in [0.5, 0.6) is 11.5 Å². The minimum atomic E-state index is -0.692. The summed E-state index contributed by atoms with van der Waals surface area (Å²) in [6.45, 7) is 3.90. The molecule has 0 unspecified atom stereocenters. The maximum Gasteiger partial charge on any atom is 0.338 e. The lowest BCUT2D eigenvalue weighted by Gasteiger charge is -2.24. The van der Waals surface area contributed by atoms with Gasteiger partial charge in [0.25, 0.3) is 5.56 Å². The molecule has 0 N–H and O–H groups in total. The molecule has 0 bridgehead atoms. The number of thiazole rings is 1. The predicted octanol–water partition coefficient (Wildman–Crippen LogP) is 7.22. The Kier molecular flexibility index (Phi) is 9.83. The zero-order chi connectivity index (χ0) is 30.8. The number of methoxy groups -OCH3 is 1. The van der Waals surface area contributed by atoms with E-state index in [4.69, 9.17) is 37.4 Å². The summed E-state index contributed by atoms with van der Waals surface area (Å²) in [6.07, 6.45) is 1.76. The first-order valence-electron chi connectivity index (χ1n) is 13.0. The number of hydrogen-bond donors (Lipinski definition) is 0. The van der Waals surface area contributed by atoms with Crippen LogP contribution in [0.25, 0.3) is 6.08 Å². The summed E-state index contributed by atoms with van der Waals surface area (Å²) < 4.78 is 20.5. The second-order valence-electron chi connectivity index (χ2n) is 9.41. The molecule has 0 aliphatic carbocycles. The Morgan fingerprint density at radius 2 is 1.86 bits per heavy atom. The van der Waals surface area contributed by atoms with Crippen molar-refractivity contribution in [3.05, 3.63) is 121 Å². The Bertz CT molecular complexity index is 1940. The molecule has 2 heterocycles. The summed E-state index contributed by atoms with van der Waals surface area (Å²) in [5.74, 6) is 0.443. The Morgan fingerprint density at radius 1 is 1.12 bits per heavy atom. The molecular weight excluding hydrogens is 743 g/mol. The van der Waals surface area contributed by atoms with Crippen molar-refractivity contribution in [1.82, 2.24) is 4.57 Å². The maximum absolute atomic E-state index is 13.9. The number of aromatic nitrogens is 1. The van der Waals surface area contributed by atoms with Gasteiger partial charge in [-0.1, -0.05) is 68.7 Å². The smallest absolute Gasteiger partial charge is 0.338 e. The summed E-state index contributed by atoms with van der Waals surface area (Å²) in [5, 5.41) is 1.04. The van der Waals surface area contributed by atoms with Crippen LogP contribution in [0, 0.1) is 0 Å². The molecule has 0 amide bonds. The molecule has 3 aromatic carbocycles. The third-order valence-electron chi connectivity index (χ3n) is 6.64. The topological polar surface area (TPSA) is 79.1 Å². The van der Waals surface area contributed by atoms with Gasteiger partial charge in [-0.2, -0.15) is 0 Å². The third kappa shape index (κ3) is 6.63. The van der Waals surface area contributed by atoms with Gasteiger partial charge in [-0.05, 0) is 83.4 Å². The van der Waals surface area contributed by atoms with Crippen LogP contribution in [0.4, 0.5) is 0 Å². The second-order valence-corrected chi connectivity index (χ2v) is 13.0. The van der Waals surface area contributed by atoms with E-state index in [2.05, 4.69) is 36.9 Å². The van der Waals surface area contributed by atoms with Gasteiger partial charge in [-0.15, -0.1) is 0 Å². The Hall–Kier alpha value is -2.89. The molecule has 43 heavy (non-hydrogen) atoms. The molecular formula is C31H24Br2Cl2N2O5S. The third-order valence-corrected chi connectivity index (χ3v) is 9.33. The standard InChI is InChI=1S/C31H24Br2Cl2N2O5S/c1-4-41-30(39)26-16(2)36-31-37(27(26)18-5-8-20(32)9-6-18)29(38)25(43-31)13-17-11-22(33)28(24(12-17)40-3)42-15-19-7-10-21(34)14-23(19)35/h5-14,27H,4,15H2,1-3H3/b25-13-/t27-/m0/s1. The lowest BCUT2D eigenvalue weighted by atomic mass is 9.96. The monoisotopic (exact) mass is 764 g/mol. The van der Waals surface area contributed by atoms with E-state index in [9.17, 15) is 9.59 Å². The summed E-state index contributed by atoms with van der Waals surface area (Å²) in [6, 6.07) is 15.6. The normalized spacial score (nSPS) is 14.8. The molecule has 0 spiro atoms. The molecule has 222 valence electrons. The number of rotatable bonds is 8. The lowest BCUT2D eigenvalue weighted by molar-refractivity contribution is -0.139. The van der Waals surface area contributed by atoms with Gasteiger partial charge >= 0.3 is 5.97 Å². The first kappa shape index (κ1) is 31.5. The highest BCUT2D eigenvalue weighted by Gasteiger charge is 2.33. The fourth-order valence-corrected chi connectivity index (χ4v) is 7.00. The minimum Gasteiger partial charge on any atom is -0.493 e. The number of carbonyl (C=O) groups is 1. The van der Waals surface area contributed by atoms with Crippen molar-refractivity contribution in [1.29, 1.82) is 0 Å². The average molecular weight is 767 g/mol. The molecule has 0 saturated heterocycles. The van der Waals surface area contributed by atoms with Gasteiger partial charge in [-0.3, -0.25) is 9.36 Å². The quantitative estimate of drug-likeness (QED) is 0.177. The Balaban J connectivity index is 1.56. The van der Waals surface area contributed by atoms with Crippen molar-refractivity contribution in [2.24, 2.45) is 4.99 Å². The fraction of sp³-hybridized carbons (Fsp3) is 0.194. The highest BCUT2D eigenvalue weighted by atomic mass is 79.9. The molecule has 1 aliphatic rings. The summed E-state index contributed by atoms with van der Waals surface area (Å²) in [7, 11) is 1.54. The van der Waals surface area contributed by atoms with Crippen molar-refractivity contribution in [3.63, 3.8) is 0 Å². The first-order chi connectivity index (χ1) is 20.6. The number of halogens is 4. The van der Waals surface area contributed by atoms with Gasteiger partial charge in [-0.25, -0.2) is 9.79 Å². The zero-order valence-corrected chi connectivity index (χ0v) is 28.6. The molecule has 0 saturated carbocycles. The average Bonchev–Trinajstić information content (AvgIpc) is 3.26. The molecule has 7 nitrogen and oxygen atoms in total. The van der Waals surface area contributed by atoms with Gasteiger partial charge in [0.15, 0.2) is 16.3 Å². The molecule has 12 heteroatoms. The maximum atomic E-state index is 13.9. The molecule has 4 aromatic rings. The van der Waals surface area contributed by atoms with Crippen LogP contribution in [0.15, 0.2) is 84.6 Å². The van der Waals surface area contributed by atoms with Crippen LogP contribution in [0.1, 0.15) is 36.6 Å². The van der Waals surface area contributed by atoms with E-state index in [0.29, 0.717) is 52.2 Å². The molecule has 5 rings (SSSR count). The van der Waals surface area contributed by atoms with Gasteiger partial charge in [0, 0.05) is 20.1 Å². The van der Waals surface area contributed by atoms with E-state index in [1.54, 1.807) is 55.9 Å². The molecule has 1 aliphatic heterocycles. The van der Waals surface area contributed by atoms with Crippen molar-refractivity contribution in [3.8, 4) is 11.5 Å². The Morgan fingerprint density at radius 3 is 2.53 bits per heavy atom. The number of esters is 1. The number of fused-ring (bicyclic) bond motifs is 1. The van der Waals surface area contributed by atoms with E-state index in [1.165, 1.54) is 11.3 Å². The molecule has 0 fully saturated rings. The Labute approximate surface area is 278 Å². The van der Waals surface area contributed by atoms with E-state index in [-0.39, 0.29) is 18.8 Å². The second kappa shape index (κ2) is 13.4. The molecule has 1 aromatic heterocycles. The zero-order valence-electron chi connectivity index (χ0n) is 23.1. The highest BCUT2D eigenvalue weighted by molar-refractivity contribution is 9.10. The van der Waals surface area contributed by atoms with E-state index in [0.717, 1.165) is 15.6 Å². The van der Waals surface area contributed by atoms with E-state index < -0.39 is 12.0 Å². The van der Waals surface area contributed by atoms with Gasteiger partial charge in [0.1, 0.15) is 6.61 Å². The largest absolute Gasteiger partial charge is 0.493 e. The van der Waals surface area contributed by atoms with Crippen molar-refractivity contribution < 1.29 is 19.0 Å². The number of benzene rings is 3. The summed E-state index contributed by atoms with van der Waals surface area (Å²) in [5.41, 5.74) is 2.79. The number of allylic oxidation sites excluding steroid dienone is 1. The van der Waals surface area contributed by atoms with Gasteiger partial charge in [0.05, 0.1) is 40.0 Å². The van der Waals surface area contributed by atoms with E-state index >= 15 is 0 Å². The number of hydrogen-bond acceptors (Lipinski definition) is 7. The van der Waals surface area contributed by atoms with Crippen LogP contribution in [-0.4, -0.2) is 24.3 Å². The molecule has 0 radical (unpaired) electrons. The SMILES string of the molecule is CCOC(=O)C1=C(C)N=c2s/c(=C\c3cc(Br)c(OCc4ccc(Cl)cc4Cl)c(OC)c3)c(=O)n2[C@H]1c1ccc(Br)cc1. The van der Waals surface area contributed by atoms with Crippen LogP contribution >= 0.6 is 66.4 Å². The first-order valence-corrected chi connectivity index (χ1v) is 16.2. The highest BCUT2D eigenvalue weighted by Crippen LogP contribution is 2.38. The minimum absolute atomic E-state index is 0.196. The van der Waals surface area contributed by atoms with Crippen LogP contribution < -0.4 is 24.4 Å². The van der Waals surface area contributed by atoms with Crippen LogP contribution in [-0.2, 0) is 16.1 Å². The number of carbonyl (C=O) groups excluding carboxylic acids is 1.